The first-order chi connectivity index (χ1) is 54.8. The van der Waals surface area contributed by atoms with Crippen LogP contribution in [-0.2, 0) is 158 Å². The summed E-state index contributed by atoms with van der Waals surface area (Å²) in [6, 6.07) is 3.76. The monoisotopic (exact) mass is 1930 g/mol. The van der Waals surface area contributed by atoms with Crippen molar-refractivity contribution in [1.82, 2.24) is 0 Å². The predicted octanol–water partition coefficient (Wildman–Crippen LogP) is 7.96. The Bertz CT molecular complexity index is 2410. The fraction of sp³-hybridized carbons (Fsp3) is 1.00. The van der Waals surface area contributed by atoms with E-state index < -0.39 is 139 Å². The largest absolute Gasteiger partial charge is 0.651 e. The first kappa shape index (κ1) is 95.6. The molecule has 0 radical (unpaired) electrons. The highest BCUT2D eigenvalue weighted by molar-refractivity contribution is 7.04. The van der Waals surface area contributed by atoms with Crippen LogP contribution in [0.2, 0.25) is 153 Å². The van der Waals surface area contributed by atoms with Gasteiger partial charge in [0.15, 0.2) is 66.5 Å². The summed E-state index contributed by atoms with van der Waals surface area (Å²) in [6.07, 6.45) is 4.84. The Balaban J connectivity index is 1.03. The van der Waals surface area contributed by atoms with E-state index in [2.05, 4.69) is 105 Å². The number of rotatable bonds is 64. The Hall–Kier alpha value is 2.03. The van der Waals surface area contributed by atoms with Gasteiger partial charge < -0.3 is 158 Å². The minimum absolute atomic E-state index is 0.0509. The fourth-order valence-corrected chi connectivity index (χ4v) is 87.4. The minimum Gasteiger partial charge on any atom is -0.395 e. The highest BCUT2D eigenvalue weighted by Crippen LogP contribution is 2.55. The van der Waals surface area contributed by atoms with Crippen LogP contribution in [0.25, 0.3) is 0 Å². The fourth-order valence-electron chi connectivity index (χ4n) is 13.8. The highest BCUT2D eigenvalue weighted by atomic mass is 28.7. The van der Waals surface area contributed by atoms with Gasteiger partial charge in [0.1, 0.15) is 48.8 Å². The smallest absolute Gasteiger partial charge is 0.395 e. The average Bonchev–Trinajstić information content (AvgIpc) is 1.57. The molecule has 0 aliphatic carbocycles. The van der Waals surface area contributed by atoms with Crippen LogP contribution in [0.4, 0.5) is 0 Å². The Kier molecular flexibility index (Phi) is 33.1. The Morgan fingerprint density at radius 1 is 0.181 bits per heavy atom. The average molecular weight is 1930 g/mol. The first-order valence-corrected chi connectivity index (χ1v) is 80.3. The van der Waals surface area contributed by atoms with Gasteiger partial charge in [-0.2, -0.15) is 0 Å². The maximum absolute atomic E-state index is 8.29. The number of epoxide rings is 8. The third-order valence-electron chi connectivity index (χ3n) is 20.4. The highest BCUT2D eigenvalue weighted by Gasteiger charge is 2.93. The molecule has 14 aliphatic rings. The summed E-state index contributed by atoms with van der Waals surface area (Å²) in [5.41, 5.74) is 0. The van der Waals surface area contributed by atoms with Crippen LogP contribution in [0.15, 0.2) is 0 Å². The van der Waals surface area contributed by atoms with Gasteiger partial charge in [-0.3, -0.25) is 0 Å². The van der Waals surface area contributed by atoms with Crippen molar-refractivity contribution in [1.29, 1.82) is 0 Å². The summed E-state index contributed by atoms with van der Waals surface area (Å²) in [5.74, 6) is 0. The number of hydrogen-bond acceptors (Lipinski definition) is 36. The van der Waals surface area contributed by atoms with Crippen molar-refractivity contribution in [2.45, 2.75) is 253 Å². The van der Waals surface area contributed by atoms with Gasteiger partial charge in [0, 0.05) is 52.9 Å². The minimum atomic E-state index is -5.62. The molecular weight excluding hydrogens is 1790 g/mol. The van der Waals surface area contributed by atoms with Crippen LogP contribution >= 0.6 is 0 Å². The van der Waals surface area contributed by atoms with E-state index in [0.717, 1.165) is 0 Å². The molecule has 0 spiro atoms. The van der Waals surface area contributed by atoms with Gasteiger partial charge in [0.05, 0.1) is 106 Å². The van der Waals surface area contributed by atoms with Crippen molar-refractivity contribution in [2.75, 3.05) is 159 Å². The van der Waals surface area contributed by atoms with Crippen molar-refractivity contribution < 1.29 is 158 Å². The second kappa shape index (κ2) is 40.2. The molecule has 14 rings (SSSR count). The number of hydrogen-bond donors (Lipinski definition) is 0. The van der Waals surface area contributed by atoms with E-state index in [9.17, 15) is 0 Å². The van der Waals surface area contributed by atoms with Gasteiger partial charge in [0.25, 0.3) is 0 Å². The second-order valence-electron chi connectivity index (χ2n) is 37.2. The topological polar surface area (TPSA) is 359 Å². The quantitative estimate of drug-likeness (QED) is 0.0316. The molecule has 0 aromatic carbocycles. The molecule has 14 saturated heterocycles. The lowest BCUT2D eigenvalue weighted by molar-refractivity contribution is -0.130. The normalized spacial score (nSPS) is 35.2. The van der Waals surface area contributed by atoms with Crippen molar-refractivity contribution in [2.24, 2.45) is 0 Å². The molecule has 0 amide bonds. The van der Waals surface area contributed by atoms with E-state index in [-0.39, 0.29) is 48.8 Å². The van der Waals surface area contributed by atoms with Gasteiger partial charge in [-0.1, -0.05) is 0 Å². The molecule has 8 atom stereocenters. The molecule has 0 N–H and O–H groups in total. The zero-order valence-corrected chi connectivity index (χ0v) is 87.6. The summed E-state index contributed by atoms with van der Waals surface area (Å²) in [7, 11) is -72.2. The lowest BCUT2D eigenvalue weighted by atomic mass is 10.5. The molecule has 0 aromatic heterocycles. The zero-order chi connectivity index (χ0) is 82.4. The lowest BCUT2D eigenvalue weighted by Crippen LogP contribution is -2.93. The predicted molar refractivity (Wildman–Crippen MR) is 447 cm³/mol. The maximum Gasteiger partial charge on any atom is 0.651 e. The van der Waals surface area contributed by atoms with Gasteiger partial charge in [0.2, 0.25) is 0 Å². The molecule has 52 heteroatoms. The molecule has 116 heavy (non-hydrogen) atoms. The summed E-state index contributed by atoms with van der Waals surface area (Å²) in [5, 5.41) is 0. The van der Waals surface area contributed by atoms with Crippen molar-refractivity contribution in [3.63, 3.8) is 0 Å². The maximum atomic E-state index is 8.29. The Morgan fingerprint density at radius 3 is 0.362 bits per heavy atom. The summed E-state index contributed by atoms with van der Waals surface area (Å²) >= 11 is 0. The molecule has 0 saturated carbocycles. The molecule has 8 unspecified atom stereocenters. The molecule has 672 valence electrons. The van der Waals surface area contributed by atoms with E-state index in [4.69, 9.17) is 158 Å². The van der Waals surface area contributed by atoms with Gasteiger partial charge in [-0.25, -0.2) is 0 Å². The molecule has 8 bridgehead atoms. The zero-order valence-electron chi connectivity index (χ0n) is 71.6. The first-order valence-electron chi connectivity index (χ1n) is 42.3. The standard InChI is InChI=1S/C64H136O36Si16/c1-101(2,33-17-25-65-41-57-49-73-57)81-109-89-110(82-102(3,4)34-18-26-66-42-58-50-74-58)92-113(85-105(9,10)37-21-29-69-45-61-53-77-61)94-111(90-109,83-103(5,6)35-19-27-67-43-59-51-75-59)96-115(87-107(13,14)39-23-31-71-47-63-55-79-63)97-112(91-109,84-104(7,8)36-20-28-68-44-60-52-76-60)95-114(93-110,86-106(11,12)38-22-30-70-46-62-54-78-62)99-116(98-113,100-115)88-108(15,16)40-24-32-72-48-64-56-80-64/h57-64H,17-56H2,1-16H3. The van der Waals surface area contributed by atoms with E-state index >= 15 is 0 Å². The molecule has 14 fully saturated rings. The van der Waals surface area contributed by atoms with Crippen LogP contribution in [0.1, 0.15) is 51.4 Å². The molecule has 14 heterocycles. The van der Waals surface area contributed by atoms with Crippen molar-refractivity contribution >= 4 is 139 Å². The summed E-state index contributed by atoms with van der Waals surface area (Å²) in [6.45, 7) is 45.0. The molecule has 36 nitrogen and oxygen atoms in total. The van der Waals surface area contributed by atoms with Crippen molar-refractivity contribution in [3.05, 3.63) is 0 Å². The van der Waals surface area contributed by atoms with Crippen LogP contribution in [0, 0.1) is 0 Å². The van der Waals surface area contributed by atoms with Crippen LogP contribution < -0.4 is 0 Å². The Morgan fingerprint density at radius 2 is 0.276 bits per heavy atom. The van der Waals surface area contributed by atoms with Gasteiger partial charge in [-0.05, 0) is 204 Å². The Labute approximate surface area is 704 Å². The third kappa shape index (κ3) is 32.3. The summed E-state index contributed by atoms with van der Waals surface area (Å²) < 4.78 is 258. The number of ether oxygens (including phenoxy) is 16. The lowest BCUT2D eigenvalue weighted by Gasteiger charge is -2.61. The van der Waals surface area contributed by atoms with Crippen LogP contribution in [0.5, 0.6) is 0 Å². The molecule has 0 aromatic rings. The van der Waals surface area contributed by atoms with Gasteiger partial charge >= 0.3 is 72.4 Å². The summed E-state index contributed by atoms with van der Waals surface area (Å²) in [4.78, 5) is 0. The van der Waals surface area contributed by atoms with Gasteiger partial charge in [-0.15, -0.1) is 0 Å². The van der Waals surface area contributed by atoms with E-state index in [1.807, 2.05) is 0 Å². The molecular formula is C64H136O36Si16. The van der Waals surface area contributed by atoms with E-state index in [0.29, 0.717) is 258 Å². The van der Waals surface area contributed by atoms with Crippen molar-refractivity contribution in [3.8, 4) is 0 Å². The third-order valence-corrected chi connectivity index (χ3v) is 82.5. The van der Waals surface area contributed by atoms with Crippen LogP contribution in [0.3, 0.4) is 0 Å². The second-order valence-corrected chi connectivity index (χ2v) is 93.7. The van der Waals surface area contributed by atoms with E-state index in [1.165, 1.54) is 0 Å². The molecule has 14 aliphatic heterocycles. The van der Waals surface area contributed by atoms with E-state index in [1.54, 1.807) is 0 Å². The van der Waals surface area contributed by atoms with Crippen LogP contribution in [-0.4, -0.2) is 346 Å². The SMILES string of the molecule is C[Si](C)(CCCOCC1CO1)O[Si]12O[Si]3(O[Si](C)(C)CCCOCC4CO4)O[Si]4(O[Si](C)(C)CCCOCC5CO5)O[Si](O[Si](C)(C)CCCOCC5CO5)(O1)O[Si]1(O[Si](C)(C)CCCOCC5CO5)O[Si](O[Si](C)(C)CCCOCC5CO5)(O2)O[Si](O[Si](C)(C)CCCOCC2CO2)(O3)O[Si](O[Si](C)(C)CCCOCC2CO2)(O4)O1.